The molecule has 0 aliphatic heterocycles. The number of aromatic nitrogens is 4. The molecule has 0 amide bonds. The van der Waals surface area contributed by atoms with E-state index < -0.39 is 5.56 Å². The molecule has 100 valence electrons. The van der Waals surface area contributed by atoms with Gasteiger partial charge in [0.2, 0.25) is 0 Å². The third-order valence-electron chi connectivity index (χ3n) is 2.38. The molecule has 2 N–H and O–H groups in total. The highest BCUT2D eigenvalue weighted by atomic mass is 35.5. The Bertz CT molecular complexity index is 602. The third-order valence-corrected chi connectivity index (χ3v) is 2.75. The van der Waals surface area contributed by atoms with Crippen molar-refractivity contribution in [3.8, 4) is 0 Å². The Hall–Kier alpha value is -1.99. The first-order valence-corrected chi connectivity index (χ1v) is 5.97. The highest BCUT2D eigenvalue weighted by molar-refractivity contribution is 6.32. The van der Waals surface area contributed by atoms with Crippen LogP contribution in [0.15, 0.2) is 29.3 Å². The van der Waals surface area contributed by atoms with Gasteiger partial charge in [0.15, 0.2) is 0 Å². The summed E-state index contributed by atoms with van der Waals surface area (Å²) < 4.78 is 1.11. The van der Waals surface area contributed by atoms with E-state index in [4.69, 9.17) is 16.7 Å². The van der Waals surface area contributed by atoms with Gasteiger partial charge in [-0.2, -0.15) is 15.3 Å². The lowest BCUT2D eigenvalue weighted by molar-refractivity contribution is 0.266. The highest BCUT2D eigenvalue weighted by Crippen LogP contribution is 2.15. The van der Waals surface area contributed by atoms with Gasteiger partial charge in [0.05, 0.1) is 37.3 Å². The minimum atomic E-state index is -0.445. The van der Waals surface area contributed by atoms with Crippen LogP contribution >= 0.6 is 11.6 Å². The normalized spacial score (nSPS) is 10.4. The monoisotopic (exact) mass is 281 g/mol. The first kappa shape index (κ1) is 13.4. The van der Waals surface area contributed by atoms with Gasteiger partial charge < -0.3 is 10.4 Å². The Balaban J connectivity index is 2.13. The van der Waals surface area contributed by atoms with Gasteiger partial charge in [-0.15, -0.1) is 0 Å². The van der Waals surface area contributed by atoms with Crippen LogP contribution in [-0.2, 0) is 13.1 Å². The van der Waals surface area contributed by atoms with Gasteiger partial charge in [-0.3, -0.25) is 4.79 Å². The molecule has 2 aromatic rings. The van der Waals surface area contributed by atoms with E-state index in [0.29, 0.717) is 12.2 Å². The van der Waals surface area contributed by atoms with Gasteiger partial charge in [0.1, 0.15) is 5.02 Å². The summed E-state index contributed by atoms with van der Waals surface area (Å²) in [6, 6.07) is 3.57. The van der Waals surface area contributed by atoms with Gasteiger partial charge in [-0.1, -0.05) is 11.6 Å². The summed E-state index contributed by atoms with van der Waals surface area (Å²) in [5.41, 5.74) is 0.699. The number of aliphatic hydroxyl groups is 1. The molecule has 0 aliphatic carbocycles. The maximum Gasteiger partial charge on any atom is 0.287 e. The molecule has 0 fully saturated rings. The maximum absolute atomic E-state index is 11.8. The fourth-order valence-corrected chi connectivity index (χ4v) is 1.67. The number of nitrogens with zero attached hydrogens (tertiary/aromatic N) is 4. The van der Waals surface area contributed by atoms with Crippen LogP contribution in [0.2, 0.25) is 5.02 Å². The largest absolute Gasteiger partial charge is 0.394 e. The van der Waals surface area contributed by atoms with Gasteiger partial charge in [0.25, 0.3) is 5.56 Å². The topological polar surface area (TPSA) is 92.9 Å². The Labute approximate surface area is 113 Å². The molecule has 8 heteroatoms. The van der Waals surface area contributed by atoms with Crippen molar-refractivity contribution in [3.63, 3.8) is 0 Å². The van der Waals surface area contributed by atoms with Crippen LogP contribution in [0.5, 0.6) is 0 Å². The first-order chi connectivity index (χ1) is 9.22. The molecule has 0 aliphatic rings. The van der Waals surface area contributed by atoms with E-state index >= 15 is 0 Å². The van der Waals surface area contributed by atoms with Crippen molar-refractivity contribution in [2.75, 3.05) is 11.9 Å². The van der Waals surface area contributed by atoms with Crippen LogP contribution < -0.4 is 10.9 Å². The fourth-order valence-electron chi connectivity index (χ4n) is 1.46. The molecule has 0 saturated carbocycles. The summed E-state index contributed by atoms with van der Waals surface area (Å²) in [5.74, 6) is 0. The zero-order valence-electron chi connectivity index (χ0n) is 9.95. The smallest absolute Gasteiger partial charge is 0.287 e. The summed E-state index contributed by atoms with van der Waals surface area (Å²) in [7, 11) is 0. The molecule has 0 atom stereocenters. The van der Waals surface area contributed by atoms with E-state index in [0.717, 1.165) is 10.4 Å². The molecule has 2 aromatic heterocycles. The molecular weight excluding hydrogens is 270 g/mol. The number of nitrogens with one attached hydrogen (secondary N) is 1. The maximum atomic E-state index is 11.8. The van der Waals surface area contributed by atoms with Crippen LogP contribution in [0.1, 0.15) is 5.69 Å². The molecular formula is C11H12ClN5O2. The van der Waals surface area contributed by atoms with Gasteiger partial charge in [0, 0.05) is 6.20 Å². The van der Waals surface area contributed by atoms with Crippen molar-refractivity contribution < 1.29 is 5.11 Å². The number of hydrogen-bond donors (Lipinski definition) is 2. The van der Waals surface area contributed by atoms with Crippen molar-refractivity contribution in [1.82, 2.24) is 20.0 Å². The van der Waals surface area contributed by atoms with E-state index in [9.17, 15) is 4.79 Å². The predicted molar refractivity (Wildman–Crippen MR) is 70.0 cm³/mol. The molecule has 0 radical (unpaired) electrons. The van der Waals surface area contributed by atoms with Gasteiger partial charge >= 0.3 is 0 Å². The van der Waals surface area contributed by atoms with Crippen molar-refractivity contribution in [2.24, 2.45) is 0 Å². The number of hydrogen-bond acceptors (Lipinski definition) is 6. The molecule has 0 spiro atoms. The minimum Gasteiger partial charge on any atom is -0.394 e. The number of aliphatic hydroxyl groups excluding tert-OH is 1. The van der Waals surface area contributed by atoms with E-state index in [1.165, 1.54) is 6.20 Å². The van der Waals surface area contributed by atoms with E-state index in [2.05, 4.69) is 20.6 Å². The number of halogens is 1. The van der Waals surface area contributed by atoms with Crippen LogP contribution in [0.25, 0.3) is 0 Å². The Morgan fingerprint density at radius 2 is 2.32 bits per heavy atom. The zero-order valence-corrected chi connectivity index (χ0v) is 10.7. The SMILES string of the molecule is O=c1c(Cl)c(NCc2cccnn2)cnn1CCO. The van der Waals surface area contributed by atoms with Crippen molar-refractivity contribution in [1.29, 1.82) is 0 Å². The molecule has 0 bridgehead atoms. The standard InChI is InChI=1S/C11H12ClN5O2/c12-10-9(7-15-17(4-5-18)11(10)19)13-6-8-2-1-3-14-16-8/h1-3,7,13,18H,4-6H2. The van der Waals surface area contributed by atoms with E-state index in [-0.39, 0.29) is 18.2 Å². The summed E-state index contributed by atoms with van der Waals surface area (Å²) in [4.78, 5) is 11.8. The fraction of sp³-hybridized carbons (Fsp3) is 0.273. The molecule has 2 heterocycles. The lowest BCUT2D eigenvalue weighted by atomic mass is 10.3. The van der Waals surface area contributed by atoms with E-state index in [1.807, 2.05) is 0 Å². The molecule has 0 aromatic carbocycles. The Morgan fingerprint density at radius 1 is 1.47 bits per heavy atom. The minimum absolute atomic E-state index is 0.0346. The average molecular weight is 282 g/mol. The summed E-state index contributed by atoms with van der Waals surface area (Å²) in [5, 5.41) is 23.3. The highest BCUT2D eigenvalue weighted by Gasteiger charge is 2.08. The summed E-state index contributed by atoms with van der Waals surface area (Å²) in [6.07, 6.45) is 3.02. The quantitative estimate of drug-likeness (QED) is 0.818. The summed E-state index contributed by atoms with van der Waals surface area (Å²) in [6.45, 7) is 0.331. The van der Waals surface area contributed by atoms with Gasteiger partial charge in [-0.05, 0) is 12.1 Å². The third kappa shape index (κ3) is 3.27. The number of anilines is 1. The van der Waals surface area contributed by atoms with Crippen molar-refractivity contribution >= 4 is 17.3 Å². The van der Waals surface area contributed by atoms with Crippen LogP contribution in [0.3, 0.4) is 0 Å². The molecule has 19 heavy (non-hydrogen) atoms. The van der Waals surface area contributed by atoms with Gasteiger partial charge in [-0.25, -0.2) is 4.68 Å². The lowest BCUT2D eigenvalue weighted by Crippen LogP contribution is -2.25. The first-order valence-electron chi connectivity index (χ1n) is 5.59. The predicted octanol–water partition coefficient (Wildman–Crippen LogP) is 0.291. The van der Waals surface area contributed by atoms with Crippen LogP contribution in [0.4, 0.5) is 5.69 Å². The lowest BCUT2D eigenvalue weighted by Gasteiger charge is -2.09. The van der Waals surface area contributed by atoms with Crippen LogP contribution in [-0.4, -0.2) is 31.7 Å². The molecule has 0 saturated heterocycles. The average Bonchev–Trinajstić information content (AvgIpc) is 2.44. The second-order valence-corrected chi connectivity index (χ2v) is 4.07. The zero-order chi connectivity index (χ0) is 13.7. The second-order valence-electron chi connectivity index (χ2n) is 3.69. The van der Waals surface area contributed by atoms with Crippen LogP contribution in [0, 0.1) is 0 Å². The summed E-state index contributed by atoms with van der Waals surface area (Å²) >= 11 is 5.95. The molecule has 7 nitrogen and oxygen atoms in total. The molecule has 2 rings (SSSR count). The van der Waals surface area contributed by atoms with Crippen molar-refractivity contribution in [3.05, 3.63) is 45.6 Å². The Kier molecular flexibility index (Phi) is 4.43. The van der Waals surface area contributed by atoms with Crippen molar-refractivity contribution in [2.45, 2.75) is 13.1 Å². The number of rotatable bonds is 5. The molecule has 0 unspecified atom stereocenters. The van der Waals surface area contributed by atoms with E-state index in [1.54, 1.807) is 18.3 Å². The Morgan fingerprint density at radius 3 is 3.00 bits per heavy atom. The second kappa shape index (κ2) is 6.26.